The fourth-order valence-corrected chi connectivity index (χ4v) is 2.49. The summed E-state index contributed by atoms with van der Waals surface area (Å²) in [4.78, 5) is 12.6. The molecule has 7 heteroatoms. The maximum Gasteiger partial charge on any atom is 0.412 e. The van der Waals surface area contributed by atoms with Crippen molar-refractivity contribution in [2.24, 2.45) is 0 Å². The first-order valence-electron chi connectivity index (χ1n) is 6.38. The molecule has 0 fully saturated rings. The molecule has 1 aromatic carbocycles. The zero-order valence-electron chi connectivity index (χ0n) is 12.5. The molecule has 0 aliphatic carbocycles. The van der Waals surface area contributed by atoms with Gasteiger partial charge in [-0.1, -0.05) is 11.6 Å². The second-order valence-corrected chi connectivity index (χ2v) is 6.73. The van der Waals surface area contributed by atoms with Crippen molar-refractivity contribution < 1.29 is 19.4 Å². The lowest BCUT2D eigenvalue weighted by molar-refractivity contribution is 0.0635. The van der Waals surface area contributed by atoms with Gasteiger partial charge in [-0.05, 0) is 32.9 Å². The number of hydrogen-bond donors (Lipinski definition) is 2. The van der Waals surface area contributed by atoms with Gasteiger partial charge in [0.15, 0.2) is 0 Å². The van der Waals surface area contributed by atoms with Crippen molar-refractivity contribution in [1.82, 2.24) is 0 Å². The van der Waals surface area contributed by atoms with Crippen LogP contribution in [-0.2, 0) is 4.74 Å². The molecule has 0 bridgehead atoms. The quantitative estimate of drug-likeness (QED) is 0.803. The third-order valence-corrected chi connectivity index (χ3v) is 3.57. The van der Waals surface area contributed by atoms with Crippen molar-refractivity contribution in [2.75, 3.05) is 24.8 Å². The summed E-state index contributed by atoms with van der Waals surface area (Å²) in [7, 11) is 1.52. The monoisotopic (exact) mass is 333 g/mol. The molecule has 0 saturated carbocycles. The molecule has 0 saturated heterocycles. The molecule has 1 amide bonds. The number of benzene rings is 1. The van der Waals surface area contributed by atoms with E-state index in [9.17, 15) is 4.79 Å². The number of aliphatic hydroxyl groups is 1. The summed E-state index contributed by atoms with van der Waals surface area (Å²) in [6.45, 7) is 5.39. The zero-order valence-corrected chi connectivity index (χ0v) is 14.1. The van der Waals surface area contributed by atoms with Gasteiger partial charge in [0.2, 0.25) is 0 Å². The Balaban J connectivity index is 2.98. The molecule has 0 heterocycles. The molecule has 0 unspecified atom stereocenters. The van der Waals surface area contributed by atoms with Crippen LogP contribution in [0.3, 0.4) is 0 Å². The van der Waals surface area contributed by atoms with Gasteiger partial charge in [0.1, 0.15) is 11.4 Å². The third kappa shape index (κ3) is 6.03. The van der Waals surface area contributed by atoms with Gasteiger partial charge < -0.3 is 14.6 Å². The predicted molar refractivity (Wildman–Crippen MR) is 85.7 cm³/mol. The van der Waals surface area contributed by atoms with Crippen LogP contribution in [0.1, 0.15) is 20.8 Å². The number of aliphatic hydroxyl groups excluding tert-OH is 1. The van der Waals surface area contributed by atoms with Crippen molar-refractivity contribution in [3.05, 3.63) is 17.2 Å². The number of carbonyl (C=O) groups is 1. The summed E-state index contributed by atoms with van der Waals surface area (Å²) in [5.74, 6) is 1.00. The van der Waals surface area contributed by atoms with Crippen LogP contribution in [0.4, 0.5) is 10.5 Å². The average molecular weight is 334 g/mol. The van der Waals surface area contributed by atoms with Crippen molar-refractivity contribution in [1.29, 1.82) is 0 Å². The van der Waals surface area contributed by atoms with Gasteiger partial charge in [-0.2, -0.15) is 0 Å². The average Bonchev–Trinajstić information content (AvgIpc) is 2.35. The van der Waals surface area contributed by atoms with E-state index in [4.69, 9.17) is 26.2 Å². The lowest BCUT2D eigenvalue weighted by Gasteiger charge is -2.20. The lowest BCUT2D eigenvalue weighted by Crippen LogP contribution is -2.27. The SMILES string of the molecule is COc1cc(SCCO)c(NC(=O)OC(C)(C)C)cc1Cl. The Morgan fingerprint density at radius 2 is 2.10 bits per heavy atom. The fourth-order valence-electron chi connectivity index (χ4n) is 1.48. The molecule has 0 spiro atoms. The predicted octanol–water partition coefficient (Wildman–Crippen LogP) is 3.78. The highest BCUT2D eigenvalue weighted by Gasteiger charge is 2.18. The van der Waals surface area contributed by atoms with Crippen molar-refractivity contribution >= 4 is 35.1 Å². The molecular weight excluding hydrogens is 314 g/mol. The van der Waals surface area contributed by atoms with E-state index in [-0.39, 0.29) is 6.61 Å². The van der Waals surface area contributed by atoms with Crippen LogP contribution in [0.25, 0.3) is 0 Å². The highest BCUT2D eigenvalue weighted by molar-refractivity contribution is 7.99. The van der Waals surface area contributed by atoms with Gasteiger partial charge in [-0.3, -0.25) is 5.32 Å². The standard InChI is InChI=1S/C14H20ClNO4S/c1-14(2,3)20-13(18)16-10-7-9(15)11(19-4)8-12(10)21-6-5-17/h7-8,17H,5-6H2,1-4H3,(H,16,18). The van der Waals surface area contributed by atoms with E-state index in [1.807, 2.05) is 0 Å². The molecule has 1 aromatic rings. The van der Waals surface area contributed by atoms with Crippen LogP contribution in [0, 0.1) is 0 Å². The highest BCUT2D eigenvalue weighted by atomic mass is 35.5. The van der Waals surface area contributed by atoms with E-state index < -0.39 is 11.7 Å². The summed E-state index contributed by atoms with van der Waals surface area (Å²) in [6.07, 6.45) is -0.561. The van der Waals surface area contributed by atoms with E-state index in [0.29, 0.717) is 22.2 Å². The van der Waals surface area contributed by atoms with E-state index in [0.717, 1.165) is 4.90 Å². The summed E-state index contributed by atoms with van der Waals surface area (Å²) >= 11 is 7.46. The molecule has 118 valence electrons. The normalized spacial score (nSPS) is 11.1. The number of anilines is 1. The summed E-state index contributed by atoms with van der Waals surface area (Å²) in [6, 6.07) is 3.32. The van der Waals surface area contributed by atoms with Gasteiger partial charge in [0.05, 0.1) is 24.4 Å². The highest BCUT2D eigenvalue weighted by Crippen LogP contribution is 2.36. The van der Waals surface area contributed by atoms with Gasteiger partial charge in [0, 0.05) is 10.6 Å². The van der Waals surface area contributed by atoms with Crippen LogP contribution in [-0.4, -0.2) is 36.3 Å². The van der Waals surface area contributed by atoms with Gasteiger partial charge in [-0.15, -0.1) is 11.8 Å². The van der Waals surface area contributed by atoms with Crippen molar-refractivity contribution in [2.45, 2.75) is 31.3 Å². The van der Waals surface area contributed by atoms with Crippen LogP contribution in [0.2, 0.25) is 5.02 Å². The summed E-state index contributed by atoms with van der Waals surface area (Å²) in [5, 5.41) is 12.0. The zero-order chi connectivity index (χ0) is 16.0. The molecule has 0 radical (unpaired) electrons. The molecule has 0 aromatic heterocycles. The van der Waals surface area contributed by atoms with Crippen LogP contribution >= 0.6 is 23.4 Å². The maximum absolute atomic E-state index is 11.9. The first-order valence-corrected chi connectivity index (χ1v) is 7.74. The largest absolute Gasteiger partial charge is 0.495 e. The number of hydrogen-bond acceptors (Lipinski definition) is 5. The van der Waals surface area contributed by atoms with E-state index in [1.165, 1.54) is 18.9 Å². The molecule has 0 aliphatic rings. The molecule has 1 rings (SSSR count). The third-order valence-electron chi connectivity index (χ3n) is 2.24. The summed E-state index contributed by atoms with van der Waals surface area (Å²) in [5.41, 5.74) is -0.0628. The minimum Gasteiger partial charge on any atom is -0.495 e. The molecule has 21 heavy (non-hydrogen) atoms. The van der Waals surface area contributed by atoms with E-state index >= 15 is 0 Å². The lowest BCUT2D eigenvalue weighted by atomic mass is 10.2. The van der Waals surface area contributed by atoms with E-state index in [1.54, 1.807) is 32.9 Å². The van der Waals surface area contributed by atoms with E-state index in [2.05, 4.69) is 5.32 Å². The molecule has 0 atom stereocenters. The number of rotatable bonds is 5. The Hall–Kier alpha value is -1.11. The van der Waals surface area contributed by atoms with Gasteiger partial charge in [0.25, 0.3) is 0 Å². The van der Waals surface area contributed by atoms with Crippen molar-refractivity contribution in [3.8, 4) is 5.75 Å². The number of halogens is 1. The molecule has 2 N–H and O–H groups in total. The first-order chi connectivity index (χ1) is 9.76. The number of carbonyl (C=O) groups excluding carboxylic acids is 1. The smallest absolute Gasteiger partial charge is 0.412 e. The fraction of sp³-hybridized carbons (Fsp3) is 0.500. The Morgan fingerprint density at radius 3 is 2.62 bits per heavy atom. The Kier molecular flexibility index (Phi) is 6.64. The van der Waals surface area contributed by atoms with Gasteiger partial charge in [-0.25, -0.2) is 4.79 Å². The summed E-state index contributed by atoms with van der Waals surface area (Å²) < 4.78 is 10.4. The molecule has 5 nitrogen and oxygen atoms in total. The van der Waals surface area contributed by atoms with Crippen molar-refractivity contribution in [3.63, 3.8) is 0 Å². The number of ether oxygens (including phenoxy) is 2. The first kappa shape index (κ1) is 17.9. The van der Waals surface area contributed by atoms with Gasteiger partial charge >= 0.3 is 6.09 Å². The van der Waals surface area contributed by atoms with Crippen LogP contribution in [0.5, 0.6) is 5.75 Å². The number of amides is 1. The molecular formula is C14H20ClNO4S. The topological polar surface area (TPSA) is 67.8 Å². The Labute approximate surface area is 134 Å². The number of thioether (sulfide) groups is 1. The minimum absolute atomic E-state index is 0.0293. The second kappa shape index (κ2) is 7.77. The van der Waals surface area contributed by atoms with Crippen LogP contribution < -0.4 is 10.1 Å². The number of methoxy groups -OCH3 is 1. The Bertz CT molecular complexity index is 502. The van der Waals surface area contributed by atoms with Crippen LogP contribution in [0.15, 0.2) is 17.0 Å². The number of nitrogens with one attached hydrogen (secondary N) is 1. The second-order valence-electron chi connectivity index (χ2n) is 5.18. The molecule has 0 aliphatic heterocycles. The Morgan fingerprint density at radius 1 is 1.43 bits per heavy atom. The maximum atomic E-state index is 11.9. The minimum atomic E-state index is -0.585.